The van der Waals surface area contributed by atoms with Gasteiger partial charge in [-0.05, 0) is 73.8 Å². The summed E-state index contributed by atoms with van der Waals surface area (Å²) in [5.74, 6) is -0.222. The molecule has 0 aliphatic carbocycles. The first kappa shape index (κ1) is 35.5. The second kappa shape index (κ2) is 13.8. The fourth-order valence-electron chi connectivity index (χ4n) is 11.3. The number of aliphatic hydroxyl groups excluding tert-OH is 1. The predicted molar refractivity (Wildman–Crippen MR) is 185 cm³/mol. The Hall–Kier alpha value is -1.25. The van der Waals surface area contributed by atoms with E-state index in [2.05, 4.69) is 27.0 Å². The highest BCUT2D eigenvalue weighted by atomic mass is 16.8. The van der Waals surface area contributed by atoms with Gasteiger partial charge in [-0.25, -0.2) is 0 Å². The maximum atomic E-state index is 14.0. The van der Waals surface area contributed by atoms with Gasteiger partial charge in [-0.15, -0.1) is 0 Å². The normalized spacial score (nSPS) is 53.2. The van der Waals surface area contributed by atoms with Gasteiger partial charge in [-0.3, -0.25) is 4.79 Å². The maximum absolute atomic E-state index is 14.0. The van der Waals surface area contributed by atoms with E-state index >= 15 is 0 Å². The van der Waals surface area contributed by atoms with Crippen molar-refractivity contribution in [2.45, 2.75) is 195 Å². The molecule has 10 heterocycles. The summed E-state index contributed by atoms with van der Waals surface area (Å²) in [5, 5.41) is 10.5. The molecule has 10 fully saturated rings. The zero-order valence-electron chi connectivity index (χ0n) is 30.4. The monoisotopic (exact) mass is 713 g/mol. The Morgan fingerprint density at radius 1 is 0.765 bits per heavy atom. The molecule has 0 amide bonds. The summed E-state index contributed by atoms with van der Waals surface area (Å²) in [6.45, 7) is 13.5. The fourth-order valence-corrected chi connectivity index (χ4v) is 11.3. The molecule has 11 heteroatoms. The van der Waals surface area contributed by atoms with Crippen molar-refractivity contribution in [1.82, 2.24) is 0 Å². The number of aliphatic hydroxyl groups is 1. The average molecular weight is 714 g/mol. The van der Waals surface area contributed by atoms with Crippen LogP contribution in [0.2, 0.25) is 0 Å². The number of hydrogen-bond donors (Lipinski definition) is 2. The zero-order chi connectivity index (χ0) is 35.2. The molecule has 0 aromatic heterocycles. The van der Waals surface area contributed by atoms with Gasteiger partial charge in [0.25, 0.3) is 0 Å². The van der Waals surface area contributed by atoms with E-state index in [0.29, 0.717) is 44.4 Å². The van der Waals surface area contributed by atoms with Crippen LogP contribution in [0, 0.1) is 17.8 Å². The number of ether oxygens (including phenoxy) is 8. The highest BCUT2D eigenvalue weighted by Crippen LogP contribution is 2.54. The Bertz CT molecular complexity index is 1360. The van der Waals surface area contributed by atoms with Crippen molar-refractivity contribution in [2.24, 2.45) is 23.5 Å². The number of nitrogens with two attached hydrogens (primary N) is 1. The van der Waals surface area contributed by atoms with Crippen LogP contribution in [0.25, 0.3) is 0 Å². The van der Waals surface area contributed by atoms with E-state index in [0.717, 1.165) is 56.1 Å². The van der Waals surface area contributed by atoms with Crippen LogP contribution in [0.4, 0.5) is 0 Å². The summed E-state index contributed by atoms with van der Waals surface area (Å²) in [5.41, 5.74) is 8.06. The lowest BCUT2D eigenvalue weighted by Crippen LogP contribution is -2.61. The van der Waals surface area contributed by atoms with E-state index in [1.807, 2.05) is 0 Å². The van der Waals surface area contributed by atoms with Gasteiger partial charge in [0.2, 0.25) is 0 Å². The van der Waals surface area contributed by atoms with Crippen LogP contribution in [0.3, 0.4) is 0 Å². The van der Waals surface area contributed by atoms with Crippen molar-refractivity contribution in [3.63, 3.8) is 0 Å². The summed E-state index contributed by atoms with van der Waals surface area (Å²) in [7, 11) is 0. The second-order valence-electron chi connectivity index (χ2n) is 17.6. The van der Waals surface area contributed by atoms with Crippen LogP contribution < -0.4 is 5.73 Å². The van der Waals surface area contributed by atoms with Crippen molar-refractivity contribution in [3.8, 4) is 0 Å². The Labute approximate surface area is 302 Å². The SMILES string of the molecule is C=C1CC2CC[C@@]34C[C@H]5O[C@H]6[C@@H](O3)[C@H]3OC(CC[C@@H]3O[C@H]6C5O4)CC(=O)C[C@H]3C(C[C@H]4OC(CC[C@@H]1O2)C[C@@H](C)C4=C)O[C@H](C[C@H](O)CN)[C@@H]3C. The number of Topliss-reactive ketones (excluding diaryl/α,β-unsaturated/α-hetero) is 1. The third-order valence-electron chi connectivity index (χ3n) is 14.2. The van der Waals surface area contributed by atoms with Gasteiger partial charge in [0.1, 0.15) is 36.3 Å². The molecular weight excluding hydrogens is 654 g/mol. The fraction of sp³-hybridized carbons (Fsp3) is 0.875. The van der Waals surface area contributed by atoms with Gasteiger partial charge < -0.3 is 48.7 Å². The highest BCUT2D eigenvalue weighted by Gasteiger charge is 2.68. The second-order valence-corrected chi connectivity index (χ2v) is 17.6. The van der Waals surface area contributed by atoms with Gasteiger partial charge in [-0.1, -0.05) is 27.0 Å². The third kappa shape index (κ3) is 6.53. The summed E-state index contributed by atoms with van der Waals surface area (Å²) >= 11 is 0. The lowest BCUT2D eigenvalue weighted by atomic mass is 9.78. The molecular formula is C40H59NO10. The Morgan fingerprint density at radius 3 is 2.35 bits per heavy atom. The van der Waals surface area contributed by atoms with Crippen LogP contribution in [0.5, 0.6) is 0 Å². The van der Waals surface area contributed by atoms with Gasteiger partial charge in [0, 0.05) is 45.1 Å². The standard InChI is InChI=1S/C40H59NO10/c1-19-11-25-5-7-29-20(2)12-27(44-29)9-10-40-17-34-36(50-40)37-38(49-34)39(51-40)35-30(48-37)8-6-26(46-35)13-23(42)14-28-22(4)31(15-24(43)18-41)47-33(28)16-32(45-25)21(19)3/h19,22,24-39,43H,2-3,5-18,41H2,1,4H3/t19-,22-,24+,25?,26?,27?,28-,29+,30+,31-,32-,33?,34-,35+,36?,37+,38-,39+,40+/m1/s1. The van der Waals surface area contributed by atoms with Crippen molar-refractivity contribution >= 4 is 5.78 Å². The number of hydrogen-bond acceptors (Lipinski definition) is 11. The molecule has 284 valence electrons. The van der Waals surface area contributed by atoms with Gasteiger partial charge in [0.05, 0.1) is 61.0 Å². The number of rotatable bonds is 3. The van der Waals surface area contributed by atoms with Crippen molar-refractivity contribution in [2.75, 3.05) is 6.54 Å². The minimum absolute atomic E-state index is 0.00127. The van der Waals surface area contributed by atoms with E-state index in [4.69, 9.17) is 43.6 Å². The molecule has 10 saturated heterocycles. The largest absolute Gasteiger partial charge is 0.392 e. The smallest absolute Gasteiger partial charge is 0.172 e. The van der Waals surface area contributed by atoms with E-state index in [1.54, 1.807) is 0 Å². The average Bonchev–Trinajstić information content (AvgIpc) is 3.77. The zero-order valence-corrected chi connectivity index (χ0v) is 30.4. The lowest BCUT2D eigenvalue weighted by Gasteiger charge is -2.47. The van der Waals surface area contributed by atoms with E-state index in [9.17, 15) is 9.90 Å². The topological polar surface area (TPSA) is 137 Å². The lowest BCUT2D eigenvalue weighted by molar-refractivity contribution is -0.292. The molecule has 5 unspecified atom stereocenters. The van der Waals surface area contributed by atoms with Gasteiger partial charge in [-0.2, -0.15) is 0 Å². The third-order valence-corrected chi connectivity index (χ3v) is 14.2. The molecule has 3 N–H and O–H groups in total. The summed E-state index contributed by atoms with van der Waals surface area (Å²) in [6, 6.07) is 0. The maximum Gasteiger partial charge on any atom is 0.172 e. The molecule has 51 heavy (non-hydrogen) atoms. The molecule has 1 spiro atoms. The quantitative estimate of drug-likeness (QED) is 0.410. The molecule has 0 aromatic carbocycles. The van der Waals surface area contributed by atoms with Crippen LogP contribution >= 0.6 is 0 Å². The molecule has 10 aliphatic heterocycles. The van der Waals surface area contributed by atoms with Crippen molar-refractivity contribution in [3.05, 3.63) is 24.3 Å². The van der Waals surface area contributed by atoms with Crippen molar-refractivity contribution in [1.29, 1.82) is 0 Å². The Morgan fingerprint density at radius 2 is 1.51 bits per heavy atom. The van der Waals surface area contributed by atoms with Crippen molar-refractivity contribution < 1.29 is 47.8 Å². The van der Waals surface area contributed by atoms with E-state index in [-0.39, 0.29) is 110 Å². The molecule has 10 aliphatic rings. The number of fused-ring (bicyclic) bond motifs is 6. The highest BCUT2D eigenvalue weighted by molar-refractivity contribution is 5.79. The van der Waals surface area contributed by atoms with E-state index in [1.165, 1.54) is 0 Å². The minimum atomic E-state index is -0.765. The summed E-state index contributed by atoms with van der Waals surface area (Å²) in [4.78, 5) is 14.0. The predicted octanol–water partition coefficient (Wildman–Crippen LogP) is 4.06. The Balaban J connectivity index is 0.986. The number of carbonyl (C=O) groups excluding carboxylic acids is 1. The summed E-state index contributed by atoms with van der Waals surface area (Å²) in [6.07, 6.45) is 6.43. The first-order valence-electron chi connectivity index (χ1n) is 20.1. The van der Waals surface area contributed by atoms with Crippen LogP contribution in [0.1, 0.15) is 97.3 Å². The molecule has 0 saturated carbocycles. The number of ketones is 1. The van der Waals surface area contributed by atoms with Crippen LogP contribution in [-0.2, 0) is 42.7 Å². The Kier molecular flexibility index (Phi) is 9.59. The minimum Gasteiger partial charge on any atom is -0.392 e. The van der Waals surface area contributed by atoms with E-state index < -0.39 is 11.9 Å². The van der Waals surface area contributed by atoms with Gasteiger partial charge in [0.15, 0.2) is 5.79 Å². The van der Waals surface area contributed by atoms with Crippen LogP contribution in [0.15, 0.2) is 24.3 Å². The summed E-state index contributed by atoms with van der Waals surface area (Å²) < 4.78 is 54.0. The first-order chi connectivity index (χ1) is 24.6. The molecule has 19 atom stereocenters. The first-order valence-corrected chi connectivity index (χ1v) is 20.1. The molecule has 0 radical (unpaired) electrons. The number of carbonyl (C=O) groups is 1. The molecule has 12 bridgehead atoms. The van der Waals surface area contributed by atoms with Crippen LogP contribution in [-0.4, -0.2) is 115 Å². The molecule has 10 rings (SSSR count). The van der Waals surface area contributed by atoms with Gasteiger partial charge >= 0.3 is 0 Å². The molecule has 0 aromatic rings. The molecule has 11 nitrogen and oxygen atoms in total.